The molecule has 7 heteroatoms. The van der Waals surface area contributed by atoms with Gasteiger partial charge in [0.2, 0.25) is 0 Å². The second-order valence-electron chi connectivity index (χ2n) is 6.94. The monoisotopic (exact) mass is 360 g/mol. The molecule has 0 spiro atoms. The van der Waals surface area contributed by atoms with E-state index in [2.05, 4.69) is 10.4 Å². The van der Waals surface area contributed by atoms with Crippen molar-refractivity contribution in [1.82, 2.24) is 20.0 Å². The number of aliphatic hydroxyl groups is 1. The molecular weight excluding hydrogens is 335 g/mol. The largest absolute Gasteiger partial charge is 0.379 e. The number of nitrogens with zero attached hydrogens (tertiary/aromatic N) is 3. The number of aromatic nitrogens is 2. The Labute approximate surface area is 152 Å². The number of likely N-dealkylation sites (tertiary alicyclic amines) is 1. The molecular formula is C19H25FN4O2. The second-order valence-corrected chi connectivity index (χ2v) is 6.94. The van der Waals surface area contributed by atoms with Gasteiger partial charge in [0.15, 0.2) is 5.60 Å². The molecule has 1 unspecified atom stereocenters. The Balaban J connectivity index is 1.62. The number of benzene rings is 1. The Kier molecular flexibility index (Phi) is 5.38. The molecule has 1 aromatic carbocycles. The predicted octanol–water partition coefficient (Wildman–Crippen LogP) is 1.51. The van der Waals surface area contributed by atoms with Gasteiger partial charge >= 0.3 is 0 Å². The Morgan fingerprint density at radius 1 is 1.35 bits per heavy atom. The highest BCUT2D eigenvalue weighted by Gasteiger charge is 2.41. The first-order valence-corrected chi connectivity index (χ1v) is 8.84. The molecule has 1 saturated heterocycles. The minimum absolute atomic E-state index is 0.161. The first kappa shape index (κ1) is 18.5. The van der Waals surface area contributed by atoms with Crippen LogP contribution in [0, 0.1) is 12.7 Å². The fourth-order valence-electron chi connectivity index (χ4n) is 3.33. The first-order valence-electron chi connectivity index (χ1n) is 8.84. The van der Waals surface area contributed by atoms with Crippen LogP contribution in [0.25, 0.3) is 0 Å². The zero-order chi connectivity index (χ0) is 18.7. The molecule has 1 amide bonds. The molecule has 2 aromatic rings. The average molecular weight is 360 g/mol. The molecule has 1 aliphatic heterocycles. The third kappa shape index (κ3) is 3.78. The van der Waals surface area contributed by atoms with Gasteiger partial charge in [-0.1, -0.05) is 18.2 Å². The number of aryl methyl sites for hydroxylation is 1. The van der Waals surface area contributed by atoms with Crippen LogP contribution in [0.3, 0.4) is 0 Å². The first-order chi connectivity index (χ1) is 12.4. The van der Waals surface area contributed by atoms with Crippen LogP contribution in [-0.2, 0) is 24.9 Å². The summed E-state index contributed by atoms with van der Waals surface area (Å²) in [5.74, 6) is -0.679. The molecule has 0 bridgehead atoms. The van der Waals surface area contributed by atoms with Crippen LogP contribution >= 0.6 is 0 Å². The third-order valence-electron chi connectivity index (χ3n) is 5.09. The SMILES string of the molecule is Cc1c(CNCC2(O)CCCN(Cc3ccccc3F)C2=O)cnn1C. The maximum absolute atomic E-state index is 13.9. The molecule has 1 atom stereocenters. The number of hydrogen-bond donors (Lipinski definition) is 2. The van der Waals surface area contributed by atoms with Gasteiger partial charge in [0.1, 0.15) is 5.82 Å². The maximum Gasteiger partial charge on any atom is 0.256 e. The van der Waals surface area contributed by atoms with Crippen molar-refractivity contribution in [3.05, 3.63) is 53.1 Å². The summed E-state index contributed by atoms with van der Waals surface area (Å²) in [4.78, 5) is 14.3. The summed E-state index contributed by atoms with van der Waals surface area (Å²) >= 11 is 0. The highest BCUT2D eigenvalue weighted by Crippen LogP contribution is 2.24. The van der Waals surface area contributed by atoms with Gasteiger partial charge in [-0.25, -0.2) is 4.39 Å². The standard InChI is InChI=1S/C19H25FN4O2/c1-14-16(11-22-23(14)2)10-21-13-19(26)8-5-9-24(18(19)25)12-15-6-3-4-7-17(15)20/h3-4,6-7,11,21,26H,5,8-10,12-13H2,1-2H3. The molecule has 2 N–H and O–H groups in total. The lowest BCUT2D eigenvalue weighted by molar-refractivity contribution is -0.157. The quantitative estimate of drug-likeness (QED) is 0.819. The van der Waals surface area contributed by atoms with Crippen molar-refractivity contribution >= 4 is 5.91 Å². The number of carbonyl (C=O) groups is 1. The predicted molar refractivity (Wildman–Crippen MR) is 95.7 cm³/mol. The van der Waals surface area contributed by atoms with Crippen molar-refractivity contribution in [2.45, 2.75) is 38.5 Å². The summed E-state index contributed by atoms with van der Waals surface area (Å²) in [6, 6.07) is 6.42. The van der Waals surface area contributed by atoms with Gasteiger partial charge in [0.05, 0.1) is 6.20 Å². The maximum atomic E-state index is 13.9. The van der Waals surface area contributed by atoms with E-state index >= 15 is 0 Å². The van der Waals surface area contributed by atoms with E-state index in [1.54, 1.807) is 34.0 Å². The number of carbonyl (C=O) groups excluding carboxylic acids is 1. The van der Waals surface area contributed by atoms with Crippen LogP contribution in [-0.4, -0.2) is 44.4 Å². The summed E-state index contributed by atoms with van der Waals surface area (Å²) in [6.07, 6.45) is 2.86. The zero-order valence-corrected chi connectivity index (χ0v) is 15.2. The van der Waals surface area contributed by atoms with Gasteiger partial charge in [0, 0.05) is 50.0 Å². The van der Waals surface area contributed by atoms with Crippen molar-refractivity contribution in [2.24, 2.45) is 7.05 Å². The minimum atomic E-state index is -1.46. The summed E-state index contributed by atoms with van der Waals surface area (Å²) in [5, 5.41) is 18.2. The number of piperidine rings is 1. The summed E-state index contributed by atoms with van der Waals surface area (Å²) in [7, 11) is 1.87. The summed E-state index contributed by atoms with van der Waals surface area (Å²) in [6.45, 7) is 3.36. The average Bonchev–Trinajstić information content (AvgIpc) is 2.93. The Bertz CT molecular complexity index is 792. The van der Waals surface area contributed by atoms with Crippen LogP contribution in [0.1, 0.15) is 29.7 Å². The topological polar surface area (TPSA) is 70.4 Å². The summed E-state index contributed by atoms with van der Waals surface area (Å²) < 4.78 is 15.7. The molecule has 26 heavy (non-hydrogen) atoms. The van der Waals surface area contributed by atoms with E-state index in [1.165, 1.54) is 6.07 Å². The van der Waals surface area contributed by atoms with Gasteiger partial charge in [-0.3, -0.25) is 9.48 Å². The number of nitrogens with one attached hydrogen (secondary N) is 1. The number of hydrogen-bond acceptors (Lipinski definition) is 4. The molecule has 1 fully saturated rings. The summed E-state index contributed by atoms with van der Waals surface area (Å²) in [5.41, 5.74) is 1.08. The van der Waals surface area contributed by atoms with E-state index < -0.39 is 5.60 Å². The number of amides is 1. The third-order valence-corrected chi connectivity index (χ3v) is 5.09. The smallest absolute Gasteiger partial charge is 0.256 e. The fraction of sp³-hybridized carbons (Fsp3) is 0.474. The van der Waals surface area contributed by atoms with Crippen LogP contribution in [0.15, 0.2) is 30.5 Å². The highest BCUT2D eigenvalue weighted by atomic mass is 19.1. The van der Waals surface area contributed by atoms with Gasteiger partial charge in [-0.2, -0.15) is 5.10 Å². The lowest BCUT2D eigenvalue weighted by Gasteiger charge is -2.38. The molecule has 0 radical (unpaired) electrons. The van der Waals surface area contributed by atoms with Gasteiger partial charge < -0.3 is 15.3 Å². The lowest BCUT2D eigenvalue weighted by atomic mass is 9.91. The molecule has 1 aromatic heterocycles. The van der Waals surface area contributed by atoms with Gasteiger partial charge in [0.25, 0.3) is 5.91 Å². The van der Waals surface area contributed by atoms with E-state index in [0.29, 0.717) is 31.5 Å². The van der Waals surface area contributed by atoms with Crippen molar-refractivity contribution in [2.75, 3.05) is 13.1 Å². The lowest BCUT2D eigenvalue weighted by Crippen LogP contribution is -2.57. The number of halogens is 1. The molecule has 0 aliphatic carbocycles. The van der Waals surface area contributed by atoms with E-state index in [1.807, 2.05) is 14.0 Å². The van der Waals surface area contributed by atoms with E-state index in [9.17, 15) is 14.3 Å². The minimum Gasteiger partial charge on any atom is -0.379 e. The van der Waals surface area contributed by atoms with Crippen LogP contribution in [0.4, 0.5) is 4.39 Å². The van der Waals surface area contributed by atoms with Crippen molar-refractivity contribution < 1.29 is 14.3 Å². The molecule has 1 aliphatic rings. The van der Waals surface area contributed by atoms with E-state index in [-0.39, 0.29) is 24.8 Å². The zero-order valence-electron chi connectivity index (χ0n) is 15.2. The van der Waals surface area contributed by atoms with Crippen LogP contribution < -0.4 is 5.32 Å². The normalized spacial score (nSPS) is 20.6. The molecule has 3 rings (SSSR count). The van der Waals surface area contributed by atoms with Crippen molar-refractivity contribution in [3.8, 4) is 0 Å². The van der Waals surface area contributed by atoms with Crippen molar-refractivity contribution in [3.63, 3.8) is 0 Å². The number of rotatable bonds is 6. The van der Waals surface area contributed by atoms with Gasteiger partial charge in [-0.15, -0.1) is 0 Å². The highest BCUT2D eigenvalue weighted by molar-refractivity contribution is 5.86. The van der Waals surface area contributed by atoms with Crippen molar-refractivity contribution in [1.29, 1.82) is 0 Å². The van der Waals surface area contributed by atoms with Crippen LogP contribution in [0.2, 0.25) is 0 Å². The Hall–Kier alpha value is -2.25. The molecule has 0 saturated carbocycles. The Morgan fingerprint density at radius 2 is 2.12 bits per heavy atom. The molecule has 140 valence electrons. The Morgan fingerprint density at radius 3 is 2.81 bits per heavy atom. The molecule has 6 nitrogen and oxygen atoms in total. The fourth-order valence-corrected chi connectivity index (χ4v) is 3.33. The van der Waals surface area contributed by atoms with E-state index in [0.717, 1.165) is 11.3 Å². The van der Waals surface area contributed by atoms with Gasteiger partial charge in [-0.05, 0) is 25.8 Å². The molecule has 2 heterocycles. The van der Waals surface area contributed by atoms with Crippen LogP contribution in [0.5, 0.6) is 0 Å². The van der Waals surface area contributed by atoms with E-state index in [4.69, 9.17) is 0 Å². The second kappa shape index (κ2) is 7.55.